The maximum Gasteiger partial charge on any atom is 0.131 e. The summed E-state index contributed by atoms with van der Waals surface area (Å²) in [5.41, 5.74) is 1.20. The maximum atomic E-state index is 10.5. The number of aliphatic hydroxyl groups is 1. The predicted molar refractivity (Wildman–Crippen MR) is 56.9 cm³/mol. The Morgan fingerprint density at radius 2 is 2.14 bits per heavy atom. The number of benzene rings is 1. The molecule has 0 saturated carbocycles. The van der Waals surface area contributed by atoms with Gasteiger partial charge < -0.3 is 10.0 Å². The van der Waals surface area contributed by atoms with Crippen LogP contribution < -0.4 is 4.90 Å². The minimum Gasteiger partial charge on any atom is -0.395 e. The number of para-hydroxylation sites is 1. The first-order valence-electron chi connectivity index (χ1n) is 4.61. The zero-order chi connectivity index (χ0) is 10.4. The van der Waals surface area contributed by atoms with E-state index in [9.17, 15) is 4.91 Å². The van der Waals surface area contributed by atoms with Gasteiger partial charge in [0.05, 0.1) is 12.3 Å². The third-order valence-corrected chi connectivity index (χ3v) is 2.07. The van der Waals surface area contributed by atoms with Crippen molar-refractivity contribution in [3.8, 4) is 0 Å². The topological polar surface area (TPSA) is 52.9 Å². The van der Waals surface area contributed by atoms with Crippen LogP contribution in [0.25, 0.3) is 0 Å². The lowest BCUT2D eigenvalue weighted by atomic mass is 10.2. The fourth-order valence-electron chi connectivity index (χ4n) is 1.38. The average Bonchev–Trinajstić information content (AvgIpc) is 2.26. The van der Waals surface area contributed by atoms with Gasteiger partial charge in [0.1, 0.15) is 5.69 Å². The van der Waals surface area contributed by atoms with Gasteiger partial charge in [0.25, 0.3) is 0 Å². The molecule has 0 amide bonds. The molecule has 14 heavy (non-hydrogen) atoms. The molecule has 76 valence electrons. The van der Waals surface area contributed by atoms with Gasteiger partial charge in [0, 0.05) is 13.1 Å². The molecule has 0 bridgehead atoms. The molecule has 0 radical (unpaired) electrons. The number of anilines is 1. The maximum absolute atomic E-state index is 10.5. The summed E-state index contributed by atoms with van der Waals surface area (Å²) in [6.07, 6.45) is 0. The van der Waals surface area contributed by atoms with E-state index in [1.807, 2.05) is 24.0 Å². The zero-order valence-electron chi connectivity index (χ0n) is 8.18. The second kappa shape index (κ2) is 5.34. The number of hydrogen-bond acceptors (Lipinski definition) is 4. The molecule has 0 fully saturated rings. The van der Waals surface area contributed by atoms with Crippen LogP contribution in [0.1, 0.15) is 6.92 Å². The molecule has 0 aliphatic heterocycles. The number of nitroso groups, excluding NO2 is 1. The smallest absolute Gasteiger partial charge is 0.131 e. The highest BCUT2D eigenvalue weighted by molar-refractivity contribution is 5.66. The van der Waals surface area contributed by atoms with Crippen LogP contribution in [-0.2, 0) is 0 Å². The first-order chi connectivity index (χ1) is 6.83. The molecule has 4 nitrogen and oxygen atoms in total. The van der Waals surface area contributed by atoms with Gasteiger partial charge in [-0.05, 0) is 24.2 Å². The predicted octanol–water partition coefficient (Wildman–Crippen LogP) is 1.90. The van der Waals surface area contributed by atoms with E-state index in [0.29, 0.717) is 12.2 Å². The Morgan fingerprint density at radius 3 is 2.71 bits per heavy atom. The Labute approximate surface area is 83.1 Å². The lowest BCUT2D eigenvalue weighted by Crippen LogP contribution is -2.26. The molecule has 4 heteroatoms. The Hall–Kier alpha value is -1.42. The van der Waals surface area contributed by atoms with E-state index in [1.54, 1.807) is 12.1 Å². The van der Waals surface area contributed by atoms with Crippen LogP contribution in [0.3, 0.4) is 0 Å². The third-order valence-electron chi connectivity index (χ3n) is 2.07. The largest absolute Gasteiger partial charge is 0.395 e. The molecule has 0 aliphatic carbocycles. The van der Waals surface area contributed by atoms with Crippen molar-refractivity contribution in [1.29, 1.82) is 0 Å². The van der Waals surface area contributed by atoms with Crippen molar-refractivity contribution >= 4 is 11.4 Å². The van der Waals surface area contributed by atoms with Gasteiger partial charge >= 0.3 is 0 Å². The van der Waals surface area contributed by atoms with Gasteiger partial charge in [0.15, 0.2) is 0 Å². The van der Waals surface area contributed by atoms with E-state index in [4.69, 9.17) is 5.11 Å². The molecule has 0 aromatic heterocycles. The molecule has 0 unspecified atom stereocenters. The molecular formula is C10H14N2O2. The second-order valence-corrected chi connectivity index (χ2v) is 2.88. The molecule has 0 saturated heterocycles. The van der Waals surface area contributed by atoms with Crippen molar-refractivity contribution in [2.75, 3.05) is 24.6 Å². The average molecular weight is 194 g/mol. The normalized spacial score (nSPS) is 9.86. The fraction of sp³-hybridized carbons (Fsp3) is 0.400. The van der Waals surface area contributed by atoms with E-state index >= 15 is 0 Å². The van der Waals surface area contributed by atoms with Crippen LogP contribution >= 0.6 is 0 Å². The lowest BCUT2D eigenvalue weighted by molar-refractivity contribution is 0.302. The van der Waals surface area contributed by atoms with Crippen LogP contribution in [0.15, 0.2) is 29.4 Å². The quantitative estimate of drug-likeness (QED) is 0.728. The molecule has 0 heterocycles. The molecule has 0 atom stereocenters. The first-order valence-corrected chi connectivity index (χ1v) is 4.61. The van der Waals surface area contributed by atoms with Gasteiger partial charge in [-0.15, -0.1) is 4.91 Å². The van der Waals surface area contributed by atoms with Gasteiger partial charge in [-0.3, -0.25) is 0 Å². The standard InChI is InChI=1S/C10H14N2O2/c1-2-12(7-8-13)10-6-4-3-5-9(10)11-14/h3-6,13H,2,7-8H2,1H3. The van der Waals surface area contributed by atoms with Gasteiger partial charge in [-0.1, -0.05) is 12.1 Å². The van der Waals surface area contributed by atoms with Crippen LogP contribution in [0.2, 0.25) is 0 Å². The Bertz CT molecular complexity index is 302. The number of aliphatic hydroxyl groups excluding tert-OH is 1. The van der Waals surface area contributed by atoms with Crippen LogP contribution in [0, 0.1) is 4.91 Å². The highest BCUT2D eigenvalue weighted by Crippen LogP contribution is 2.27. The van der Waals surface area contributed by atoms with Crippen LogP contribution in [0.5, 0.6) is 0 Å². The minimum absolute atomic E-state index is 0.0705. The van der Waals surface area contributed by atoms with Crippen molar-refractivity contribution in [3.63, 3.8) is 0 Å². The number of likely N-dealkylation sites (N-methyl/N-ethyl adjacent to an activating group) is 1. The molecule has 0 aliphatic rings. The molecule has 1 rings (SSSR count). The SMILES string of the molecule is CCN(CCO)c1ccccc1N=O. The highest BCUT2D eigenvalue weighted by atomic mass is 16.3. The summed E-state index contributed by atoms with van der Waals surface area (Å²) in [6, 6.07) is 7.12. The van der Waals surface area contributed by atoms with Crippen LogP contribution in [0.4, 0.5) is 11.4 Å². The van der Waals surface area contributed by atoms with Crippen molar-refractivity contribution in [3.05, 3.63) is 29.2 Å². The van der Waals surface area contributed by atoms with Gasteiger partial charge in [-0.2, -0.15) is 0 Å². The Balaban J connectivity index is 2.95. The summed E-state index contributed by atoms with van der Waals surface area (Å²) in [6.45, 7) is 3.30. The summed E-state index contributed by atoms with van der Waals surface area (Å²) >= 11 is 0. The second-order valence-electron chi connectivity index (χ2n) is 2.88. The van der Waals surface area contributed by atoms with Gasteiger partial charge in [0.2, 0.25) is 0 Å². The monoisotopic (exact) mass is 194 g/mol. The van der Waals surface area contributed by atoms with E-state index in [-0.39, 0.29) is 6.61 Å². The molecular weight excluding hydrogens is 180 g/mol. The summed E-state index contributed by atoms with van der Waals surface area (Å²) in [7, 11) is 0. The highest BCUT2D eigenvalue weighted by Gasteiger charge is 2.08. The van der Waals surface area contributed by atoms with Crippen molar-refractivity contribution in [2.45, 2.75) is 6.92 Å². The van der Waals surface area contributed by atoms with Crippen molar-refractivity contribution < 1.29 is 5.11 Å². The molecule has 1 aromatic carbocycles. The summed E-state index contributed by atoms with van der Waals surface area (Å²) in [4.78, 5) is 12.4. The number of nitrogens with zero attached hydrogens (tertiary/aromatic N) is 2. The van der Waals surface area contributed by atoms with E-state index in [1.165, 1.54) is 0 Å². The van der Waals surface area contributed by atoms with E-state index in [0.717, 1.165) is 12.2 Å². The van der Waals surface area contributed by atoms with Crippen molar-refractivity contribution in [2.24, 2.45) is 5.18 Å². The lowest BCUT2D eigenvalue weighted by Gasteiger charge is -2.22. The summed E-state index contributed by atoms with van der Waals surface area (Å²) in [5.74, 6) is 0. The third kappa shape index (κ3) is 2.29. The molecule has 1 aromatic rings. The van der Waals surface area contributed by atoms with Crippen molar-refractivity contribution in [1.82, 2.24) is 0 Å². The number of rotatable bonds is 5. The van der Waals surface area contributed by atoms with E-state index < -0.39 is 0 Å². The zero-order valence-corrected chi connectivity index (χ0v) is 8.18. The summed E-state index contributed by atoms with van der Waals surface area (Å²) < 4.78 is 0. The first kappa shape index (κ1) is 10.7. The fourth-order valence-corrected chi connectivity index (χ4v) is 1.38. The Morgan fingerprint density at radius 1 is 1.43 bits per heavy atom. The van der Waals surface area contributed by atoms with Crippen LogP contribution in [-0.4, -0.2) is 24.8 Å². The number of hydrogen-bond donors (Lipinski definition) is 1. The minimum atomic E-state index is 0.0705. The van der Waals surface area contributed by atoms with E-state index in [2.05, 4.69) is 5.18 Å². The Kier molecular flexibility index (Phi) is 4.07. The molecule has 1 N–H and O–H groups in total. The summed E-state index contributed by atoms with van der Waals surface area (Å²) in [5, 5.41) is 11.8. The molecule has 0 spiro atoms. The van der Waals surface area contributed by atoms with Gasteiger partial charge in [-0.25, -0.2) is 0 Å².